The number of hydrogen-bond donors (Lipinski definition) is 2. The number of benzene rings is 1. The third-order valence-corrected chi connectivity index (χ3v) is 2.21. The van der Waals surface area contributed by atoms with Gasteiger partial charge in [-0.05, 0) is 6.07 Å². The van der Waals surface area contributed by atoms with Crippen LogP contribution in [0, 0.1) is 17.5 Å². The lowest BCUT2D eigenvalue weighted by molar-refractivity contribution is 0.247. The predicted molar refractivity (Wildman–Crippen MR) is 45.6 cm³/mol. The van der Waals surface area contributed by atoms with Gasteiger partial charge in [0.25, 0.3) is 0 Å². The first kappa shape index (κ1) is 9.82. The molecule has 2 rings (SSSR count). The Labute approximate surface area is 83.3 Å². The van der Waals surface area contributed by atoms with Crippen molar-refractivity contribution in [3.8, 4) is 0 Å². The lowest BCUT2D eigenvalue weighted by Crippen LogP contribution is -2.22. The largest absolute Gasteiger partial charge is 0.336 e. The first-order valence-corrected chi connectivity index (χ1v) is 4.27. The van der Waals surface area contributed by atoms with Crippen LogP contribution in [0.1, 0.15) is 11.6 Å². The summed E-state index contributed by atoms with van der Waals surface area (Å²) in [6.07, 6.45) is 0. The second-order valence-electron chi connectivity index (χ2n) is 3.17. The average molecular weight is 216 g/mol. The van der Waals surface area contributed by atoms with Crippen LogP contribution in [0.3, 0.4) is 0 Å². The standard InChI is InChI=1S/C9H7F3N2O/c10-5-2-1-4(7(11)8(5)12)6-3-13-9(15)14-6/h1-2,6H,3H2,(H2,13,14,15)/t6-/m1/s1. The fraction of sp³-hybridized carbons (Fsp3) is 0.222. The molecule has 2 N–H and O–H groups in total. The fourth-order valence-corrected chi connectivity index (χ4v) is 1.45. The minimum atomic E-state index is -1.52. The van der Waals surface area contributed by atoms with Gasteiger partial charge in [0.15, 0.2) is 17.5 Å². The van der Waals surface area contributed by atoms with Crippen LogP contribution >= 0.6 is 0 Å². The Morgan fingerprint density at radius 1 is 1.20 bits per heavy atom. The average Bonchev–Trinajstić information content (AvgIpc) is 2.61. The Balaban J connectivity index is 2.37. The molecular weight excluding hydrogens is 209 g/mol. The van der Waals surface area contributed by atoms with Crippen molar-refractivity contribution in [2.45, 2.75) is 6.04 Å². The Bertz CT molecular complexity index is 422. The van der Waals surface area contributed by atoms with E-state index in [1.165, 1.54) is 0 Å². The molecule has 1 aliphatic rings. The van der Waals surface area contributed by atoms with Crippen LogP contribution in [0.2, 0.25) is 0 Å². The highest BCUT2D eigenvalue weighted by Gasteiger charge is 2.26. The van der Waals surface area contributed by atoms with Crippen molar-refractivity contribution < 1.29 is 18.0 Å². The molecule has 15 heavy (non-hydrogen) atoms. The van der Waals surface area contributed by atoms with E-state index in [4.69, 9.17) is 0 Å². The van der Waals surface area contributed by atoms with Gasteiger partial charge in [-0.3, -0.25) is 0 Å². The summed E-state index contributed by atoms with van der Waals surface area (Å²) in [5.41, 5.74) is -0.0627. The molecule has 0 aliphatic carbocycles. The number of carbonyl (C=O) groups excluding carboxylic acids is 1. The van der Waals surface area contributed by atoms with Gasteiger partial charge in [0.05, 0.1) is 6.04 Å². The summed E-state index contributed by atoms with van der Waals surface area (Å²) in [6, 6.07) is 0.834. The normalized spacial score (nSPS) is 19.9. The number of carbonyl (C=O) groups is 1. The van der Waals surface area contributed by atoms with Crippen molar-refractivity contribution in [1.82, 2.24) is 10.6 Å². The Hall–Kier alpha value is -1.72. The highest BCUT2D eigenvalue weighted by Crippen LogP contribution is 2.22. The minimum absolute atomic E-state index is 0.0627. The van der Waals surface area contributed by atoms with Crippen LogP contribution < -0.4 is 10.6 Å². The zero-order valence-electron chi connectivity index (χ0n) is 7.48. The Kier molecular flexibility index (Phi) is 2.26. The molecule has 0 aromatic heterocycles. The number of amides is 2. The zero-order valence-corrected chi connectivity index (χ0v) is 7.48. The van der Waals surface area contributed by atoms with E-state index in [9.17, 15) is 18.0 Å². The van der Waals surface area contributed by atoms with Crippen LogP contribution in [0.15, 0.2) is 12.1 Å². The summed E-state index contributed by atoms with van der Waals surface area (Å²) < 4.78 is 38.7. The SMILES string of the molecule is O=C1NC[C@H](c2ccc(F)c(F)c2F)N1. The molecule has 0 bridgehead atoms. The van der Waals surface area contributed by atoms with E-state index in [0.717, 1.165) is 12.1 Å². The smallest absolute Gasteiger partial charge is 0.315 e. The van der Waals surface area contributed by atoms with Gasteiger partial charge in [-0.2, -0.15) is 0 Å². The van der Waals surface area contributed by atoms with Crippen molar-refractivity contribution in [2.75, 3.05) is 6.54 Å². The van der Waals surface area contributed by atoms with E-state index in [-0.39, 0.29) is 12.1 Å². The number of halogens is 3. The molecule has 2 amide bonds. The van der Waals surface area contributed by atoms with Crippen LogP contribution in [-0.4, -0.2) is 12.6 Å². The molecule has 1 heterocycles. The van der Waals surface area contributed by atoms with Crippen molar-refractivity contribution in [3.05, 3.63) is 35.1 Å². The number of nitrogens with one attached hydrogen (secondary N) is 2. The lowest BCUT2D eigenvalue weighted by Gasteiger charge is -2.10. The van der Waals surface area contributed by atoms with Crippen molar-refractivity contribution in [3.63, 3.8) is 0 Å². The van der Waals surface area contributed by atoms with Gasteiger partial charge in [-0.15, -0.1) is 0 Å². The van der Waals surface area contributed by atoms with E-state index >= 15 is 0 Å². The van der Waals surface area contributed by atoms with Crippen molar-refractivity contribution >= 4 is 6.03 Å². The van der Waals surface area contributed by atoms with E-state index in [2.05, 4.69) is 10.6 Å². The van der Waals surface area contributed by atoms with E-state index in [1.54, 1.807) is 0 Å². The Morgan fingerprint density at radius 3 is 2.53 bits per heavy atom. The molecule has 1 aliphatic heterocycles. The third-order valence-electron chi connectivity index (χ3n) is 2.21. The third kappa shape index (κ3) is 1.62. The van der Waals surface area contributed by atoms with Crippen LogP contribution in [-0.2, 0) is 0 Å². The quantitative estimate of drug-likeness (QED) is 0.685. The molecule has 0 saturated carbocycles. The number of urea groups is 1. The van der Waals surface area contributed by atoms with E-state index < -0.39 is 29.5 Å². The van der Waals surface area contributed by atoms with Crippen LogP contribution in [0.25, 0.3) is 0 Å². The van der Waals surface area contributed by atoms with Gasteiger partial charge >= 0.3 is 6.03 Å². The van der Waals surface area contributed by atoms with Gasteiger partial charge in [-0.1, -0.05) is 6.07 Å². The molecule has 6 heteroatoms. The van der Waals surface area contributed by atoms with Gasteiger partial charge in [0.1, 0.15) is 0 Å². The first-order valence-electron chi connectivity index (χ1n) is 4.27. The Morgan fingerprint density at radius 2 is 1.93 bits per heavy atom. The fourth-order valence-electron chi connectivity index (χ4n) is 1.45. The van der Waals surface area contributed by atoms with Gasteiger partial charge in [0.2, 0.25) is 0 Å². The highest BCUT2D eigenvalue weighted by molar-refractivity contribution is 5.76. The molecule has 0 spiro atoms. The van der Waals surface area contributed by atoms with Crippen molar-refractivity contribution in [1.29, 1.82) is 0 Å². The van der Waals surface area contributed by atoms with Gasteiger partial charge < -0.3 is 10.6 Å². The van der Waals surface area contributed by atoms with Crippen LogP contribution in [0.5, 0.6) is 0 Å². The summed E-state index contributed by atoms with van der Waals surface area (Å²) in [6.45, 7) is 0.154. The highest BCUT2D eigenvalue weighted by atomic mass is 19.2. The molecule has 0 unspecified atom stereocenters. The zero-order chi connectivity index (χ0) is 11.0. The van der Waals surface area contributed by atoms with Crippen LogP contribution in [0.4, 0.5) is 18.0 Å². The molecule has 1 saturated heterocycles. The summed E-state index contributed by atoms with van der Waals surface area (Å²) in [4.78, 5) is 10.8. The molecule has 1 aromatic rings. The second kappa shape index (κ2) is 3.45. The molecule has 80 valence electrons. The summed E-state index contributed by atoms with van der Waals surface area (Å²) in [5, 5.41) is 4.77. The van der Waals surface area contributed by atoms with Gasteiger partial charge in [0, 0.05) is 12.1 Å². The summed E-state index contributed by atoms with van der Waals surface area (Å²) >= 11 is 0. The molecule has 0 radical (unpaired) electrons. The van der Waals surface area contributed by atoms with E-state index in [1.807, 2.05) is 0 Å². The monoisotopic (exact) mass is 216 g/mol. The number of rotatable bonds is 1. The maximum atomic E-state index is 13.2. The molecule has 1 aromatic carbocycles. The van der Waals surface area contributed by atoms with Gasteiger partial charge in [-0.25, -0.2) is 18.0 Å². The molecular formula is C9H7F3N2O. The minimum Gasteiger partial charge on any atom is -0.336 e. The molecule has 1 atom stereocenters. The molecule has 3 nitrogen and oxygen atoms in total. The number of hydrogen-bond acceptors (Lipinski definition) is 1. The lowest BCUT2D eigenvalue weighted by atomic mass is 10.1. The topological polar surface area (TPSA) is 41.1 Å². The summed E-state index contributed by atoms with van der Waals surface area (Å²) in [5.74, 6) is -4.02. The van der Waals surface area contributed by atoms with Crippen molar-refractivity contribution in [2.24, 2.45) is 0 Å². The molecule has 1 fully saturated rings. The second-order valence-corrected chi connectivity index (χ2v) is 3.17. The maximum Gasteiger partial charge on any atom is 0.315 e. The predicted octanol–water partition coefficient (Wildman–Crippen LogP) is 1.46. The first-order chi connectivity index (χ1) is 7.09. The summed E-state index contributed by atoms with van der Waals surface area (Å²) in [7, 11) is 0. The van der Waals surface area contributed by atoms with E-state index in [0.29, 0.717) is 0 Å². The maximum absolute atomic E-state index is 13.2.